The van der Waals surface area contributed by atoms with Crippen molar-refractivity contribution in [3.63, 3.8) is 0 Å². The van der Waals surface area contributed by atoms with Gasteiger partial charge in [-0.2, -0.15) is 0 Å². The van der Waals surface area contributed by atoms with Crippen LogP contribution in [-0.4, -0.2) is 22.5 Å². The van der Waals surface area contributed by atoms with E-state index in [2.05, 4.69) is 41.1 Å². The van der Waals surface area contributed by atoms with Crippen LogP contribution in [0.4, 0.5) is 11.4 Å². The lowest BCUT2D eigenvalue weighted by Crippen LogP contribution is -2.32. The Labute approximate surface area is 146 Å². The minimum absolute atomic E-state index is 0.0283. The number of carbonyl (C=O) groups excluding carboxylic acids is 1. The van der Waals surface area contributed by atoms with Gasteiger partial charge in [0.2, 0.25) is 5.91 Å². The smallest absolute Gasteiger partial charge is 0.247 e. The summed E-state index contributed by atoms with van der Waals surface area (Å²) in [5.74, 6) is -0.0283. The number of fused-ring (bicyclic) bond motifs is 1. The third kappa shape index (κ3) is 4.27. The van der Waals surface area contributed by atoms with Crippen molar-refractivity contribution < 1.29 is 4.79 Å². The Kier molecular flexibility index (Phi) is 4.78. The van der Waals surface area contributed by atoms with Crippen LogP contribution >= 0.6 is 11.9 Å². The number of amides is 1. The van der Waals surface area contributed by atoms with Crippen LogP contribution < -0.4 is 15.4 Å². The molecule has 24 heavy (non-hydrogen) atoms. The van der Waals surface area contributed by atoms with Crippen LogP contribution in [0.1, 0.15) is 26.3 Å². The van der Waals surface area contributed by atoms with Crippen LogP contribution in [0.5, 0.6) is 0 Å². The summed E-state index contributed by atoms with van der Waals surface area (Å²) in [7, 11) is 0. The monoisotopic (exact) mass is 342 g/mol. The Bertz CT molecular complexity index is 700. The average Bonchev–Trinajstić information content (AvgIpc) is 2.98. The number of hydrogen-bond donors (Lipinski definition) is 3. The molecule has 1 aliphatic heterocycles. The van der Waals surface area contributed by atoms with Gasteiger partial charge in [-0.15, -0.1) is 0 Å². The van der Waals surface area contributed by atoms with Gasteiger partial charge in [-0.3, -0.25) is 14.5 Å². The molecule has 1 aliphatic rings. The Hall–Kier alpha value is -2.05. The molecule has 0 spiro atoms. The number of anilines is 2. The maximum Gasteiger partial charge on any atom is 0.247 e. The van der Waals surface area contributed by atoms with Crippen molar-refractivity contribution in [1.82, 2.24) is 9.71 Å². The second-order valence-corrected chi connectivity index (χ2v) is 7.78. The second-order valence-electron chi connectivity index (χ2n) is 6.90. The van der Waals surface area contributed by atoms with Gasteiger partial charge in [-0.25, -0.2) is 0 Å². The molecule has 1 atom stereocenters. The van der Waals surface area contributed by atoms with E-state index in [-0.39, 0.29) is 17.5 Å². The largest absolute Gasteiger partial charge is 0.373 e. The molecular formula is C18H22N4OS. The number of aromatic nitrogens is 1. The summed E-state index contributed by atoms with van der Waals surface area (Å²) in [6.07, 6.45) is 4.20. The average molecular weight is 342 g/mol. The predicted octanol–water partition coefficient (Wildman–Crippen LogP) is 3.45. The highest BCUT2D eigenvalue weighted by molar-refractivity contribution is 7.97. The van der Waals surface area contributed by atoms with Crippen LogP contribution in [0, 0.1) is 0 Å². The van der Waals surface area contributed by atoms with Crippen molar-refractivity contribution >= 4 is 29.2 Å². The minimum atomic E-state index is -0.249. The highest BCUT2D eigenvalue weighted by Crippen LogP contribution is 2.25. The summed E-state index contributed by atoms with van der Waals surface area (Å²) >= 11 is 1.59. The molecule has 5 nitrogen and oxygen atoms in total. The summed E-state index contributed by atoms with van der Waals surface area (Å²) in [5, 5.41) is 6.20. The number of hydrogen-bond acceptors (Lipinski definition) is 5. The standard InChI is InChI=1S/C18H22N4OS/c1-18(2,3)22-24-14-6-4-13(5-7-14)20-17(23)16-10-12-11-19-9-8-15(12)21-16/h4-9,11,16,21-22H,10H2,1-3H3,(H,20,23). The van der Waals surface area contributed by atoms with Gasteiger partial charge in [0.1, 0.15) is 6.04 Å². The third-order valence-electron chi connectivity index (χ3n) is 3.57. The second kappa shape index (κ2) is 6.83. The zero-order chi connectivity index (χ0) is 17.2. The molecule has 0 saturated heterocycles. The van der Waals surface area contributed by atoms with E-state index >= 15 is 0 Å². The molecule has 3 rings (SSSR count). The fourth-order valence-electron chi connectivity index (χ4n) is 2.40. The molecule has 0 radical (unpaired) electrons. The Morgan fingerprint density at radius 3 is 2.67 bits per heavy atom. The lowest BCUT2D eigenvalue weighted by atomic mass is 10.1. The van der Waals surface area contributed by atoms with Crippen molar-refractivity contribution in [2.24, 2.45) is 0 Å². The van der Waals surface area contributed by atoms with E-state index in [1.54, 1.807) is 18.1 Å². The molecule has 126 valence electrons. The molecule has 1 aromatic carbocycles. The van der Waals surface area contributed by atoms with Gasteiger partial charge < -0.3 is 10.6 Å². The summed E-state index contributed by atoms with van der Waals surface area (Å²) in [5.41, 5.74) is 2.93. The molecule has 2 heterocycles. The third-order valence-corrected chi connectivity index (χ3v) is 4.79. The zero-order valence-corrected chi connectivity index (χ0v) is 14.9. The molecule has 0 bridgehead atoms. The summed E-state index contributed by atoms with van der Waals surface area (Å²) in [4.78, 5) is 17.6. The van der Waals surface area contributed by atoms with Crippen molar-refractivity contribution in [2.45, 2.75) is 43.7 Å². The van der Waals surface area contributed by atoms with E-state index in [1.165, 1.54) is 0 Å². The van der Waals surface area contributed by atoms with Crippen LogP contribution in [0.3, 0.4) is 0 Å². The lowest BCUT2D eigenvalue weighted by molar-refractivity contribution is -0.116. The van der Waals surface area contributed by atoms with E-state index in [9.17, 15) is 4.79 Å². The number of carbonyl (C=O) groups is 1. The van der Waals surface area contributed by atoms with Crippen LogP contribution in [0.2, 0.25) is 0 Å². The summed E-state index contributed by atoms with van der Waals surface area (Å²) in [6.45, 7) is 6.37. The van der Waals surface area contributed by atoms with Gasteiger partial charge >= 0.3 is 0 Å². The highest BCUT2D eigenvalue weighted by Gasteiger charge is 2.26. The maximum atomic E-state index is 12.4. The molecule has 0 fully saturated rings. The number of rotatable bonds is 4. The number of pyridine rings is 1. The predicted molar refractivity (Wildman–Crippen MR) is 99.2 cm³/mol. The maximum absolute atomic E-state index is 12.4. The Balaban J connectivity index is 1.56. The SMILES string of the molecule is CC(C)(C)NSc1ccc(NC(=O)C2Cc3cnccc3N2)cc1. The van der Waals surface area contributed by atoms with Gasteiger partial charge in [0.15, 0.2) is 0 Å². The van der Waals surface area contributed by atoms with Crippen molar-refractivity contribution in [3.05, 3.63) is 48.3 Å². The lowest BCUT2D eigenvalue weighted by Gasteiger charge is -2.19. The number of benzene rings is 1. The van der Waals surface area contributed by atoms with E-state index in [1.807, 2.05) is 36.5 Å². The van der Waals surface area contributed by atoms with Crippen molar-refractivity contribution in [2.75, 3.05) is 10.6 Å². The van der Waals surface area contributed by atoms with Gasteiger partial charge in [0.25, 0.3) is 0 Å². The minimum Gasteiger partial charge on any atom is -0.373 e. The Morgan fingerprint density at radius 2 is 2.00 bits per heavy atom. The van der Waals surface area contributed by atoms with Crippen LogP contribution in [-0.2, 0) is 11.2 Å². The quantitative estimate of drug-likeness (QED) is 0.743. The number of nitrogens with zero attached hydrogens (tertiary/aromatic N) is 1. The first-order valence-electron chi connectivity index (χ1n) is 7.95. The molecule has 1 amide bonds. The van der Waals surface area contributed by atoms with E-state index in [0.29, 0.717) is 6.42 Å². The molecule has 1 aromatic heterocycles. The topological polar surface area (TPSA) is 66.0 Å². The van der Waals surface area contributed by atoms with Crippen LogP contribution in [0.15, 0.2) is 47.6 Å². The molecular weight excluding hydrogens is 320 g/mol. The fraction of sp³-hybridized carbons (Fsp3) is 0.333. The van der Waals surface area contributed by atoms with Gasteiger partial charge in [0.05, 0.1) is 0 Å². The molecule has 0 aliphatic carbocycles. The fourth-order valence-corrected chi connectivity index (χ4v) is 3.09. The zero-order valence-electron chi connectivity index (χ0n) is 14.1. The molecule has 3 N–H and O–H groups in total. The van der Waals surface area contributed by atoms with Gasteiger partial charge in [0, 0.05) is 40.6 Å². The summed E-state index contributed by atoms with van der Waals surface area (Å²) in [6, 6.07) is 9.50. The first-order chi connectivity index (χ1) is 11.4. The normalized spacial score (nSPS) is 16.4. The molecule has 2 aromatic rings. The Morgan fingerprint density at radius 1 is 1.25 bits per heavy atom. The van der Waals surface area contributed by atoms with E-state index in [0.717, 1.165) is 21.8 Å². The molecule has 1 unspecified atom stereocenters. The van der Waals surface area contributed by atoms with E-state index in [4.69, 9.17) is 0 Å². The highest BCUT2D eigenvalue weighted by atomic mass is 32.2. The van der Waals surface area contributed by atoms with Gasteiger partial charge in [-0.05, 0) is 68.6 Å². The first-order valence-corrected chi connectivity index (χ1v) is 8.77. The van der Waals surface area contributed by atoms with Gasteiger partial charge in [-0.1, -0.05) is 0 Å². The number of nitrogens with one attached hydrogen (secondary N) is 3. The van der Waals surface area contributed by atoms with E-state index < -0.39 is 0 Å². The van der Waals surface area contributed by atoms with Crippen LogP contribution in [0.25, 0.3) is 0 Å². The van der Waals surface area contributed by atoms with Crippen molar-refractivity contribution in [3.8, 4) is 0 Å². The molecule has 0 saturated carbocycles. The first kappa shape index (κ1) is 16.8. The molecule has 6 heteroatoms. The van der Waals surface area contributed by atoms with Crippen molar-refractivity contribution in [1.29, 1.82) is 0 Å². The summed E-state index contributed by atoms with van der Waals surface area (Å²) < 4.78 is 3.37.